The molecule has 1 aliphatic heterocycles. The van der Waals surface area contributed by atoms with Gasteiger partial charge in [0.1, 0.15) is 0 Å². The summed E-state index contributed by atoms with van der Waals surface area (Å²) < 4.78 is 5.04. The van der Waals surface area contributed by atoms with Crippen LogP contribution in [0, 0.1) is 0 Å². The van der Waals surface area contributed by atoms with Crippen LogP contribution in [0.4, 0.5) is 0 Å². The molecule has 0 fully saturated rings. The molecule has 0 N–H and O–H groups in total. The molecular weight excluding hydrogens is 240 g/mol. The van der Waals surface area contributed by atoms with E-state index in [1.807, 2.05) is 6.07 Å². The minimum Gasteiger partial charge on any atom is -0.353 e. The maximum absolute atomic E-state index is 10.9. The fourth-order valence-corrected chi connectivity index (χ4v) is 2.56. The summed E-state index contributed by atoms with van der Waals surface area (Å²) in [5.41, 5.74) is 3.25. The highest BCUT2D eigenvalue weighted by Gasteiger charge is 2.20. The predicted molar refractivity (Wildman–Crippen MR) is 71.0 cm³/mol. The van der Waals surface area contributed by atoms with Crippen LogP contribution in [0.2, 0.25) is 0 Å². The molecule has 1 aromatic carbocycles. The van der Waals surface area contributed by atoms with Crippen LogP contribution in [-0.4, -0.2) is 29.4 Å². The molecule has 0 atom stereocenters. The monoisotopic (exact) mass is 256 g/mol. The van der Waals surface area contributed by atoms with Crippen molar-refractivity contribution in [3.05, 3.63) is 52.9 Å². The fraction of sp³-hybridized carbons (Fsp3) is 0.333. The number of hydrogen-bond donors (Lipinski definition) is 0. The standard InChI is InChI=1S/C15H16N2O2/c18-11-15-13-6-8-17(9-7-14(13)16-19-15)10-12-4-2-1-3-5-12/h1-5,11H,6-10H2. The highest BCUT2D eigenvalue weighted by atomic mass is 16.5. The molecule has 2 heterocycles. The number of rotatable bonds is 3. The summed E-state index contributed by atoms with van der Waals surface area (Å²) in [5.74, 6) is 0.400. The summed E-state index contributed by atoms with van der Waals surface area (Å²) in [6, 6.07) is 10.4. The summed E-state index contributed by atoms with van der Waals surface area (Å²) in [4.78, 5) is 13.3. The van der Waals surface area contributed by atoms with Gasteiger partial charge in [0, 0.05) is 31.6 Å². The molecule has 0 radical (unpaired) electrons. The maximum atomic E-state index is 10.9. The number of hydrogen-bond acceptors (Lipinski definition) is 4. The Morgan fingerprint density at radius 3 is 2.79 bits per heavy atom. The first-order valence-corrected chi connectivity index (χ1v) is 6.55. The zero-order valence-electron chi connectivity index (χ0n) is 10.7. The number of carbonyl (C=O) groups excluding carboxylic acids is 1. The molecule has 1 aromatic heterocycles. The van der Waals surface area contributed by atoms with Crippen molar-refractivity contribution in [3.63, 3.8) is 0 Å². The zero-order chi connectivity index (χ0) is 13.1. The third-order valence-corrected chi connectivity index (χ3v) is 3.60. The third-order valence-electron chi connectivity index (χ3n) is 3.60. The average molecular weight is 256 g/mol. The molecule has 4 nitrogen and oxygen atoms in total. The highest BCUT2D eigenvalue weighted by molar-refractivity contribution is 5.73. The molecule has 0 spiro atoms. The van der Waals surface area contributed by atoms with Crippen LogP contribution in [0.15, 0.2) is 34.9 Å². The summed E-state index contributed by atoms with van der Waals surface area (Å²) in [6.07, 6.45) is 2.44. The van der Waals surface area contributed by atoms with Gasteiger partial charge in [0.25, 0.3) is 0 Å². The lowest BCUT2D eigenvalue weighted by atomic mass is 10.1. The molecule has 0 saturated carbocycles. The minimum absolute atomic E-state index is 0.400. The van der Waals surface area contributed by atoms with Crippen LogP contribution in [0.5, 0.6) is 0 Å². The molecule has 4 heteroatoms. The Morgan fingerprint density at radius 2 is 2.00 bits per heavy atom. The molecule has 19 heavy (non-hydrogen) atoms. The lowest BCUT2D eigenvalue weighted by Gasteiger charge is -2.19. The lowest BCUT2D eigenvalue weighted by molar-refractivity contribution is 0.109. The molecule has 0 aliphatic carbocycles. The molecule has 98 valence electrons. The van der Waals surface area contributed by atoms with E-state index in [4.69, 9.17) is 4.52 Å². The second-order valence-electron chi connectivity index (χ2n) is 4.85. The smallest absolute Gasteiger partial charge is 0.202 e. The molecule has 2 aromatic rings. The van der Waals surface area contributed by atoms with Crippen molar-refractivity contribution in [1.82, 2.24) is 10.1 Å². The van der Waals surface area contributed by atoms with Crippen LogP contribution >= 0.6 is 0 Å². The Hall–Kier alpha value is -1.94. The summed E-state index contributed by atoms with van der Waals surface area (Å²) in [6.45, 7) is 2.83. The van der Waals surface area contributed by atoms with E-state index >= 15 is 0 Å². The molecule has 3 rings (SSSR count). The second-order valence-corrected chi connectivity index (χ2v) is 4.85. The van der Waals surface area contributed by atoms with Gasteiger partial charge in [-0.3, -0.25) is 9.69 Å². The van der Waals surface area contributed by atoms with E-state index in [0.29, 0.717) is 5.76 Å². The van der Waals surface area contributed by atoms with E-state index in [-0.39, 0.29) is 0 Å². The highest BCUT2D eigenvalue weighted by Crippen LogP contribution is 2.19. The van der Waals surface area contributed by atoms with E-state index in [0.717, 1.165) is 50.0 Å². The summed E-state index contributed by atoms with van der Waals surface area (Å²) >= 11 is 0. The molecular formula is C15H16N2O2. The Morgan fingerprint density at radius 1 is 1.21 bits per heavy atom. The largest absolute Gasteiger partial charge is 0.353 e. The first-order chi connectivity index (χ1) is 9.36. The number of nitrogens with zero attached hydrogens (tertiary/aromatic N) is 2. The molecule has 0 saturated heterocycles. The third kappa shape index (κ3) is 2.58. The topological polar surface area (TPSA) is 46.3 Å². The van der Waals surface area contributed by atoms with Gasteiger partial charge < -0.3 is 4.52 Å². The number of aldehydes is 1. The van der Waals surface area contributed by atoms with E-state index in [1.54, 1.807) is 0 Å². The van der Waals surface area contributed by atoms with Crippen LogP contribution < -0.4 is 0 Å². The van der Waals surface area contributed by atoms with E-state index < -0.39 is 0 Å². The molecule has 0 unspecified atom stereocenters. The van der Waals surface area contributed by atoms with Gasteiger partial charge >= 0.3 is 0 Å². The Bertz CT molecular complexity index is 563. The van der Waals surface area contributed by atoms with Crippen molar-refractivity contribution < 1.29 is 9.32 Å². The van der Waals surface area contributed by atoms with Crippen LogP contribution in [0.25, 0.3) is 0 Å². The SMILES string of the molecule is O=Cc1onc2c1CCN(Cc1ccccc1)CC2. The normalized spacial score (nSPS) is 15.8. The van der Waals surface area contributed by atoms with Crippen molar-refractivity contribution in [2.24, 2.45) is 0 Å². The lowest BCUT2D eigenvalue weighted by Crippen LogP contribution is -2.26. The van der Waals surface area contributed by atoms with E-state index in [2.05, 4.69) is 34.3 Å². The molecule has 0 bridgehead atoms. The van der Waals surface area contributed by atoms with Crippen LogP contribution in [-0.2, 0) is 19.4 Å². The molecule has 0 amide bonds. The summed E-state index contributed by atoms with van der Waals surface area (Å²) in [7, 11) is 0. The van der Waals surface area contributed by atoms with Gasteiger partial charge in [-0.2, -0.15) is 0 Å². The Labute approximate surface area is 112 Å². The van der Waals surface area contributed by atoms with Gasteiger partial charge in [0.2, 0.25) is 5.76 Å². The first-order valence-electron chi connectivity index (χ1n) is 6.55. The van der Waals surface area contributed by atoms with Crippen LogP contribution in [0.3, 0.4) is 0 Å². The molecule has 1 aliphatic rings. The average Bonchev–Trinajstić information content (AvgIpc) is 2.75. The van der Waals surface area contributed by atoms with E-state index in [1.165, 1.54) is 5.56 Å². The van der Waals surface area contributed by atoms with Crippen molar-refractivity contribution >= 4 is 6.29 Å². The number of aromatic nitrogens is 1. The van der Waals surface area contributed by atoms with Gasteiger partial charge in [-0.15, -0.1) is 0 Å². The van der Waals surface area contributed by atoms with Gasteiger partial charge in [0.15, 0.2) is 6.29 Å². The number of fused-ring (bicyclic) bond motifs is 1. The second kappa shape index (κ2) is 5.36. The van der Waals surface area contributed by atoms with Gasteiger partial charge in [-0.25, -0.2) is 0 Å². The minimum atomic E-state index is 0.400. The quantitative estimate of drug-likeness (QED) is 0.789. The van der Waals surface area contributed by atoms with Crippen molar-refractivity contribution in [3.8, 4) is 0 Å². The van der Waals surface area contributed by atoms with Crippen molar-refractivity contribution in [1.29, 1.82) is 0 Å². The van der Waals surface area contributed by atoms with Gasteiger partial charge in [-0.05, 0) is 12.0 Å². The van der Waals surface area contributed by atoms with Crippen LogP contribution in [0.1, 0.15) is 27.4 Å². The summed E-state index contributed by atoms with van der Waals surface area (Å²) in [5, 5.41) is 4.00. The number of benzene rings is 1. The predicted octanol–water partition coefficient (Wildman–Crippen LogP) is 2.09. The Kier molecular flexibility index (Phi) is 3.42. The maximum Gasteiger partial charge on any atom is 0.202 e. The zero-order valence-corrected chi connectivity index (χ0v) is 10.7. The first kappa shape index (κ1) is 12.1. The fourth-order valence-electron chi connectivity index (χ4n) is 2.56. The van der Waals surface area contributed by atoms with Crippen molar-refractivity contribution in [2.45, 2.75) is 19.4 Å². The number of carbonyl (C=O) groups is 1. The Balaban J connectivity index is 1.70. The van der Waals surface area contributed by atoms with E-state index in [9.17, 15) is 4.79 Å². The van der Waals surface area contributed by atoms with Crippen molar-refractivity contribution in [2.75, 3.05) is 13.1 Å². The van der Waals surface area contributed by atoms with Gasteiger partial charge in [-0.1, -0.05) is 35.5 Å². The van der Waals surface area contributed by atoms with Gasteiger partial charge in [0.05, 0.1) is 5.69 Å².